The number of thiazole rings is 1. The predicted octanol–water partition coefficient (Wildman–Crippen LogP) is 4.19. The molecule has 0 saturated carbocycles. The molecule has 0 spiro atoms. The minimum absolute atomic E-state index is 0.0393. The molecule has 4 heterocycles. The lowest BCUT2D eigenvalue weighted by Crippen LogP contribution is -2.39. The molecule has 11 heteroatoms. The normalized spacial score (nSPS) is 15.3. The van der Waals surface area contributed by atoms with Gasteiger partial charge in [0.1, 0.15) is 24.2 Å². The van der Waals surface area contributed by atoms with Crippen LogP contribution in [0.25, 0.3) is 17.4 Å². The number of thiophene rings is 1. The Morgan fingerprint density at radius 3 is 2.81 bits per heavy atom. The van der Waals surface area contributed by atoms with Crippen LogP contribution in [0, 0.1) is 10.1 Å². The lowest BCUT2D eigenvalue weighted by atomic mass is 10.0. The number of rotatable bonds is 7. The molecule has 0 saturated heterocycles. The molecule has 1 aliphatic heterocycles. The van der Waals surface area contributed by atoms with E-state index in [1.54, 1.807) is 43.3 Å². The van der Waals surface area contributed by atoms with Gasteiger partial charge in [-0.1, -0.05) is 42.2 Å². The third kappa shape index (κ3) is 4.50. The summed E-state index contributed by atoms with van der Waals surface area (Å²) < 4.78 is 13.0. The highest BCUT2D eigenvalue weighted by atomic mass is 32.1. The molecule has 1 atom stereocenters. The maximum atomic E-state index is 13.6. The summed E-state index contributed by atoms with van der Waals surface area (Å²) in [6.45, 7) is 5.33. The number of carbonyl (C=O) groups is 1. The van der Waals surface area contributed by atoms with Crippen LogP contribution >= 0.6 is 22.7 Å². The zero-order chi connectivity index (χ0) is 26.1. The van der Waals surface area contributed by atoms with Gasteiger partial charge in [-0.3, -0.25) is 19.5 Å². The van der Waals surface area contributed by atoms with Gasteiger partial charge in [-0.05, 0) is 36.6 Å². The Kier molecular flexibility index (Phi) is 6.55. The van der Waals surface area contributed by atoms with E-state index in [1.165, 1.54) is 39.4 Å². The maximum absolute atomic E-state index is 13.6. The number of hydrogen-bond acceptors (Lipinski definition) is 9. The average molecular weight is 534 g/mol. The first-order chi connectivity index (χ1) is 17.9. The van der Waals surface area contributed by atoms with E-state index in [9.17, 15) is 19.7 Å². The second-order valence-corrected chi connectivity index (χ2v) is 9.95. The van der Waals surface area contributed by atoms with Crippen molar-refractivity contribution in [3.8, 4) is 11.3 Å². The highest BCUT2D eigenvalue weighted by Gasteiger charge is 2.34. The second kappa shape index (κ2) is 9.96. The third-order valence-electron chi connectivity index (χ3n) is 5.65. The number of benzene rings is 1. The molecule has 0 amide bonds. The number of nitrogens with zero attached hydrogens (tertiary/aromatic N) is 3. The largest absolute Gasteiger partial charge is 0.458 e. The van der Waals surface area contributed by atoms with Crippen LogP contribution in [0.1, 0.15) is 23.6 Å². The number of aromatic nitrogens is 1. The number of ether oxygens (including phenoxy) is 1. The summed E-state index contributed by atoms with van der Waals surface area (Å²) in [6.07, 6.45) is 3.05. The smallest absolute Gasteiger partial charge is 0.338 e. The van der Waals surface area contributed by atoms with Gasteiger partial charge in [0.15, 0.2) is 4.80 Å². The molecule has 4 aromatic rings. The molecule has 0 bridgehead atoms. The number of allylic oxidation sites excluding steroid dienone is 1. The van der Waals surface area contributed by atoms with Gasteiger partial charge in [0, 0.05) is 17.0 Å². The molecule has 5 rings (SSSR count). The van der Waals surface area contributed by atoms with Gasteiger partial charge >= 0.3 is 5.97 Å². The summed E-state index contributed by atoms with van der Waals surface area (Å²) in [6, 6.07) is 12.6. The number of esters is 1. The Morgan fingerprint density at radius 1 is 1.27 bits per heavy atom. The number of fused-ring (bicyclic) bond motifs is 1. The summed E-state index contributed by atoms with van der Waals surface area (Å²) in [5, 5.41) is 13.3. The molecular formula is C26H19N3O6S2. The van der Waals surface area contributed by atoms with Crippen molar-refractivity contribution in [1.82, 2.24) is 4.57 Å². The lowest BCUT2D eigenvalue weighted by molar-refractivity contribution is -0.384. The van der Waals surface area contributed by atoms with Crippen LogP contribution in [0.2, 0.25) is 0 Å². The topological polar surface area (TPSA) is 117 Å². The molecule has 1 unspecified atom stereocenters. The molecule has 0 radical (unpaired) electrons. The van der Waals surface area contributed by atoms with Crippen molar-refractivity contribution in [2.24, 2.45) is 4.99 Å². The minimum atomic E-state index is -0.685. The number of nitro groups is 1. The Hall–Kier alpha value is -4.35. The highest BCUT2D eigenvalue weighted by molar-refractivity contribution is 7.10. The van der Waals surface area contributed by atoms with Gasteiger partial charge < -0.3 is 9.15 Å². The van der Waals surface area contributed by atoms with Crippen LogP contribution in [0.5, 0.6) is 0 Å². The first-order valence-electron chi connectivity index (χ1n) is 11.1. The van der Waals surface area contributed by atoms with Crippen LogP contribution < -0.4 is 14.9 Å². The Balaban J connectivity index is 1.61. The fraction of sp³-hybridized carbons (Fsp3) is 0.115. The lowest BCUT2D eigenvalue weighted by Gasteiger charge is -2.23. The fourth-order valence-corrected chi connectivity index (χ4v) is 5.91. The van der Waals surface area contributed by atoms with Crippen LogP contribution in [-0.4, -0.2) is 22.1 Å². The van der Waals surface area contributed by atoms with Crippen LogP contribution in [0.15, 0.2) is 92.0 Å². The molecular weight excluding hydrogens is 514 g/mol. The number of nitro benzene ring substituents is 1. The zero-order valence-corrected chi connectivity index (χ0v) is 21.1. The summed E-state index contributed by atoms with van der Waals surface area (Å²) in [5.74, 6) is 0.104. The van der Waals surface area contributed by atoms with Crippen molar-refractivity contribution in [3.05, 3.63) is 118 Å². The zero-order valence-electron chi connectivity index (χ0n) is 19.5. The van der Waals surface area contributed by atoms with Crippen LogP contribution in [-0.2, 0) is 9.53 Å². The summed E-state index contributed by atoms with van der Waals surface area (Å²) in [4.78, 5) is 43.2. The Labute approximate surface area is 217 Å². The van der Waals surface area contributed by atoms with Gasteiger partial charge in [-0.15, -0.1) is 11.3 Å². The monoisotopic (exact) mass is 533 g/mol. The van der Waals surface area contributed by atoms with E-state index >= 15 is 0 Å². The first-order valence-corrected chi connectivity index (χ1v) is 12.8. The fourth-order valence-electron chi connectivity index (χ4n) is 4.06. The summed E-state index contributed by atoms with van der Waals surface area (Å²) in [5.41, 5.74) is 0.679. The van der Waals surface area contributed by atoms with E-state index in [2.05, 4.69) is 11.6 Å². The van der Waals surface area contributed by atoms with Crippen LogP contribution in [0.4, 0.5) is 5.69 Å². The molecule has 3 aromatic heterocycles. The molecule has 1 aromatic carbocycles. The molecule has 1 aliphatic rings. The second-order valence-electron chi connectivity index (χ2n) is 7.96. The van der Waals surface area contributed by atoms with Gasteiger partial charge in [0.05, 0.1) is 26.3 Å². The number of para-hydroxylation sites is 1. The molecule has 0 fully saturated rings. The Bertz CT molecular complexity index is 1740. The first kappa shape index (κ1) is 24.3. The van der Waals surface area contributed by atoms with Crippen molar-refractivity contribution < 1.29 is 18.9 Å². The third-order valence-corrected chi connectivity index (χ3v) is 7.56. The predicted molar refractivity (Wildman–Crippen MR) is 140 cm³/mol. The summed E-state index contributed by atoms with van der Waals surface area (Å²) >= 11 is 2.59. The van der Waals surface area contributed by atoms with E-state index in [4.69, 9.17) is 9.15 Å². The SMILES string of the molecule is C=CCOC(=O)C1=C(C)N=c2sc(=Cc3ccc(-c4ccccc4[N+](=O)[O-])o3)c(=O)n2C1c1cccs1. The van der Waals surface area contributed by atoms with E-state index in [1.807, 2.05) is 17.5 Å². The van der Waals surface area contributed by atoms with Gasteiger partial charge in [-0.2, -0.15) is 0 Å². The molecule has 9 nitrogen and oxygen atoms in total. The molecule has 0 N–H and O–H groups in total. The number of carbonyl (C=O) groups excluding carboxylic acids is 1. The average Bonchev–Trinajstić information content (AvgIpc) is 3.64. The van der Waals surface area contributed by atoms with Crippen molar-refractivity contribution in [2.45, 2.75) is 13.0 Å². The highest BCUT2D eigenvalue weighted by Crippen LogP contribution is 2.33. The van der Waals surface area contributed by atoms with E-state index < -0.39 is 16.9 Å². The quantitative estimate of drug-likeness (QED) is 0.152. The number of hydrogen-bond donors (Lipinski definition) is 0. The van der Waals surface area contributed by atoms with E-state index in [0.29, 0.717) is 37.7 Å². The molecule has 0 aliphatic carbocycles. The maximum Gasteiger partial charge on any atom is 0.338 e. The van der Waals surface area contributed by atoms with Crippen molar-refractivity contribution >= 4 is 40.4 Å². The molecule has 186 valence electrons. The minimum Gasteiger partial charge on any atom is -0.458 e. The van der Waals surface area contributed by atoms with Crippen LogP contribution in [0.3, 0.4) is 0 Å². The Morgan fingerprint density at radius 2 is 2.08 bits per heavy atom. The van der Waals surface area contributed by atoms with Crippen molar-refractivity contribution in [1.29, 1.82) is 0 Å². The van der Waals surface area contributed by atoms with Gasteiger partial charge in [0.2, 0.25) is 0 Å². The van der Waals surface area contributed by atoms with Crippen molar-refractivity contribution in [3.63, 3.8) is 0 Å². The molecule has 37 heavy (non-hydrogen) atoms. The van der Waals surface area contributed by atoms with Crippen molar-refractivity contribution in [2.75, 3.05) is 6.61 Å². The van der Waals surface area contributed by atoms with Gasteiger partial charge in [-0.25, -0.2) is 9.79 Å². The standard InChI is InChI=1S/C26H19N3O6S2/c1-3-12-34-25(31)22-15(2)27-26-28(23(22)20-9-6-13-36-20)24(30)21(37-26)14-16-10-11-19(35-16)17-7-4-5-8-18(17)29(32)33/h3-11,13-14,23H,1,12H2,2H3. The summed E-state index contributed by atoms with van der Waals surface area (Å²) in [7, 11) is 0. The number of furan rings is 1. The van der Waals surface area contributed by atoms with E-state index in [0.717, 1.165) is 4.88 Å². The van der Waals surface area contributed by atoms with Gasteiger partial charge in [0.25, 0.3) is 11.2 Å². The van der Waals surface area contributed by atoms with E-state index in [-0.39, 0.29) is 17.9 Å².